The Kier molecular flexibility index (Phi) is 5.41. The van der Waals surface area contributed by atoms with Crippen molar-refractivity contribution < 1.29 is 14.3 Å². The Labute approximate surface area is 131 Å². The molecular weight excluding hydrogens is 280 g/mol. The van der Waals surface area contributed by atoms with Gasteiger partial charge in [0.05, 0.1) is 12.5 Å². The van der Waals surface area contributed by atoms with E-state index in [1.165, 1.54) is 0 Å². The molecule has 1 aromatic rings. The SMILES string of the molecule is CCOC(=O)N1CCCC(C(=O)N(C)c2cccc(C)c2)C1. The summed E-state index contributed by atoms with van der Waals surface area (Å²) in [5.41, 5.74) is 2.01. The fraction of sp³-hybridized carbons (Fsp3) is 0.529. The van der Waals surface area contributed by atoms with Crippen LogP contribution in [-0.2, 0) is 9.53 Å². The molecule has 0 radical (unpaired) electrons. The summed E-state index contributed by atoms with van der Waals surface area (Å²) in [7, 11) is 1.79. The number of amides is 2. The molecule has 1 saturated heterocycles. The zero-order chi connectivity index (χ0) is 16.1. The third-order valence-corrected chi connectivity index (χ3v) is 4.02. The van der Waals surface area contributed by atoms with Gasteiger partial charge >= 0.3 is 6.09 Å². The van der Waals surface area contributed by atoms with Crippen LogP contribution in [0.1, 0.15) is 25.3 Å². The Morgan fingerprint density at radius 2 is 2.18 bits per heavy atom. The van der Waals surface area contributed by atoms with Crippen molar-refractivity contribution in [2.24, 2.45) is 5.92 Å². The minimum absolute atomic E-state index is 0.0552. The van der Waals surface area contributed by atoms with Gasteiger partial charge in [0.15, 0.2) is 0 Å². The zero-order valence-electron chi connectivity index (χ0n) is 13.5. The maximum Gasteiger partial charge on any atom is 0.409 e. The Morgan fingerprint density at radius 1 is 1.41 bits per heavy atom. The molecule has 1 heterocycles. The summed E-state index contributed by atoms with van der Waals surface area (Å²) >= 11 is 0. The molecule has 0 aromatic heterocycles. The standard InChI is InChI=1S/C17H24N2O3/c1-4-22-17(21)19-10-6-8-14(12-19)16(20)18(3)15-9-5-7-13(2)11-15/h5,7,9,11,14H,4,6,8,10,12H2,1-3H3. The summed E-state index contributed by atoms with van der Waals surface area (Å²) < 4.78 is 5.03. The molecule has 0 aliphatic carbocycles. The Balaban J connectivity index is 2.03. The van der Waals surface area contributed by atoms with Crippen LogP contribution in [0.15, 0.2) is 24.3 Å². The minimum atomic E-state index is -0.321. The maximum atomic E-state index is 12.7. The number of rotatable bonds is 3. The molecule has 22 heavy (non-hydrogen) atoms. The monoisotopic (exact) mass is 304 g/mol. The van der Waals surface area contributed by atoms with Crippen LogP contribution in [0.2, 0.25) is 0 Å². The first-order valence-electron chi connectivity index (χ1n) is 7.79. The van der Waals surface area contributed by atoms with Gasteiger partial charge in [-0.1, -0.05) is 12.1 Å². The molecule has 1 atom stereocenters. The molecule has 1 unspecified atom stereocenters. The lowest BCUT2D eigenvalue weighted by atomic mass is 9.96. The molecule has 0 spiro atoms. The molecule has 1 aliphatic heterocycles. The fourth-order valence-electron chi connectivity index (χ4n) is 2.80. The number of ether oxygens (including phenoxy) is 1. The van der Waals surface area contributed by atoms with Crippen molar-refractivity contribution >= 4 is 17.7 Å². The Bertz CT molecular complexity index is 544. The summed E-state index contributed by atoms with van der Waals surface area (Å²) in [5, 5.41) is 0. The van der Waals surface area contributed by atoms with E-state index in [2.05, 4.69) is 0 Å². The van der Waals surface area contributed by atoms with Crippen LogP contribution in [0.5, 0.6) is 0 Å². The van der Waals surface area contributed by atoms with E-state index in [9.17, 15) is 9.59 Å². The van der Waals surface area contributed by atoms with Gasteiger partial charge in [-0.3, -0.25) is 4.79 Å². The van der Waals surface area contributed by atoms with E-state index in [1.54, 1.807) is 23.8 Å². The number of nitrogens with zero attached hydrogens (tertiary/aromatic N) is 2. The number of carbonyl (C=O) groups is 2. The van der Waals surface area contributed by atoms with Crippen LogP contribution >= 0.6 is 0 Å². The first kappa shape index (κ1) is 16.3. The molecule has 0 N–H and O–H groups in total. The molecule has 1 fully saturated rings. The van der Waals surface area contributed by atoms with Gasteiger partial charge < -0.3 is 14.5 Å². The average molecular weight is 304 g/mol. The topological polar surface area (TPSA) is 49.9 Å². The number of anilines is 1. The van der Waals surface area contributed by atoms with E-state index in [-0.39, 0.29) is 17.9 Å². The number of likely N-dealkylation sites (tertiary alicyclic amines) is 1. The van der Waals surface area contributed by atoms with Gasteiger partial charge in [-0.25, -0.2) is 4.79 Å². The molecule has 0 bridgehead atoms. The van der Waals surface area contributed by atoms with E-state index >= 15 is 0 Å². The minimum Gasteiger partial charge on any atom is -0.450 e. The normalized spacial score (nSPS) is 18.0. The van der Waals surface area contributed by atoms with Crippen LogP contribution in [0.4, 0.5) is 10.5 Å². The lowest BCUT2D eigenvalue weighted by molar-refractivity contribution is -0.123. The largest absolute Gasteiger partial charge is 0.450 e. The Hall–Kier alpha value is -2.04. The molecule has 5 nitrogen and oxygen atoms in total. The fourth-order valence-corrected chi connectivity index (χ4v) is 2.80. The molecule has 5 heteroatoms. The molecular formula is C17H24N2O3. The quantitative estimate of drug-likeness (QED) is 0.863. The van der Waals surface area contributed by atoms with Gasteiger partial charge in [-0.2, -0.15) is 0 Å². The predicted octanol–water partition coefficient (Wildman–Crippen LogP) is 2.83. The van der Waals surface area contributed by atoms with Crippen molar-refractivity contribution in [1.29, 1.82) is 0 Å². The number of hydrogen-bond acceptors (Lipinski definition) is 3. The van der Waals surface area contributed by atoms with Gasteiger partial charge in [0.1, 0.15) is 0 Å². The van der Waals surface area contributed by atoms with Crippen molar-refractivity contribution in [3.8, 4) is 0 Å². The van der Waals surface area contributed by atoms with Crippen molar-refractivity contribution in [2.75, 3.05) is 31.6 Å². The summed E-state index contributed by atoms with van der Waals surface area (Å²) in [5.74, 6) is -0.108. The highest BCUT2D eigenvalue weighted by molar-refractivity contribution is 5.95. The third kappa shape index (κ3) is 3.78. The van der Waals surface area contributed by atoms with Crippen LogP contribution in [0.25, 0.3) is 0 Å². The van der Waals surface area contributed by atoms with Gasteiger partial charge in [0.25, 0.3) is 0 Å². The number of carbonyl (C=O) groups excluding carboxylic acids is 2. The van der Waals surface area contributed by atoms with Crippen LogP contribution in [0.3, 0.4) is 0 Å². The highest BCUT2D eigenvalue weighted by Crippen LogP contribution is 2.22. The lowest BCUT2D eigenvalue weighted by Gasteiger charge is -2.33. The first-order valence-corrected chi connectivity index (χ1v) is 7.79. The molecule has 0 saturated carbocycles. The second kappa shape index (κ2) is 7.29. The molecule has 2 amide bonds. The van der Waals surface area contributed by atoms with Gasteiger partial charge in [0, 0.05) is 25.8 Å². The van der Waals surface area contributed by atoms with Crippen molar-refractivity contribution in [3.05, 3.63) is 29.8 Å². The summed E-state index contributed by atoms with van der Waals surface area (Å²) in [6, 6.07) is 7.87. The van der Waals surface area contributed by atoms with E-state index in [1.807, 2.05) is 31.2 Å². The van der Waals surface area contributed by atoms with Crippen LogP contribution in [0, 0.1) is 12.8 Å². The van der Waals surface area contributed by atoms with E-state index < -0.39 is 0 Å². The number of hydrogen-bond donors (Lipinski definition) is 0. The molecule has 2 rings (SSSR count). The number of benzene rings is 1. The number of piperidine rings is 1. The van der Waals surface area contributed by atoms with Gasteiger partial charge in [0.2, 0.25) is 5.91 Å². The van der Waals surface area contributed by atoms with Crippen molar-refractivity contribution in [2.45, 2.75) is 26.7 Å². The van der Waals surface area contributed by atoms with E-state index in [4.69, 9.17) is 4.74 Å². The zero-order valence-corrected chi connectivity index (χ0v) is 13.5. The Morgan fingerprint density at radius 3 is 2.86 bits per heavy atom. The summed E-state index contributed by atoms with van der Waals surface area (Å²) in [6.45, 7) is 5.25. The smallest absolute Gasteiger partial charge is 0.409 e. The second-order valence-electron chi connectivity index (χ2n) is 5.72. The van der Waals surface area contributed by atoms with Gasteiger partial charge in [-0.15, -0.1) is 0 Å². The second-order valence-corrected chi connectivity index (χ2v) is 5.72. The molecule has 1 aliphatic rings. The highest BCUT2D eigenvalue weighted by Gasteiger charge is 2.31. The predicted molar refractivity (Wildman–Crippen MR) is 85.9 cm³/mol. The van der Waals surface area contributed by atoms with E-state index in [0.29, 0.717) is 19.7 Å². The van der Waals surface area contributed by atoms with Gasteiger partial charge in [-0.05, 0) is 44.4 Å². The highest BCUT2D eigenvalue weighted by atomic mass is 16.6. The average Bonchev–Trinajstić information content (AvgIpc) is 2.54. The van der Waals surface area contributed by atoms with Crippen LogP contribution in [-0.4, -0.2) is 43.6 Å². The number of aryl methyl sites for hydroxylation is 1. The maximum absolute atomic E-state index is 12.7. The van der Waals surface area contributed by atoms with Crippen LogP contribution < -0.4 is 4.90 Å². The lowest BCUT2D eigenvalue weighted by Crippen LogP contribution is -2.46. The summed E-state index contributed by atoms with van der Waals surface area (Å²) in [6.07, 6.45) is 1.32. The first-order chi connectivity index (χ1) is 10.5. The van der Waals surface area contributed by atoms with Crippen molar-refractivity contribution in [1.82, 2.24) is 4.90 Å². The van der Waals surface area contributed by atoms with E-state index in [0.717, 1.165) is 24.1 Å². The molecule has 120 valence electrons. The summed E-state index contributed by atoms with van der Waals surface area (Å²) in [4.78, 5) is 27.8. The van der Waals surface area contributed by atoms with Crippen molar-refractivity contribution in [3.63, 3.8) is 0 Å². The third-order valence-electron chi connectivity index (χ3n) is 4.02. The molecule has 1 aromatic carbocycles.